The molecule has 1 aromatic rings. The molecule has 0 saturated heterocycles. The van der Waals surface area contributed by atoms with Crippen LogP contribution in [0.3, 0.4) is 0 Å². The summed E-state index contributed by atoms with van der Waals surface area (Å²) in [6.07, 6.45) is -0.449. The highest BCUT2D eigenvalue weighted by Crippen LogP contribution is 2.08. The Morgan fingerprint density at radius 3 is 2.30 bits per heavy atom. The van der Waals surface area contributed by atoms with Crippen LogP contribution in [0, 0.1) is 0 Å². The van der Waals surface area contributed by atoms with Crippen LogP contribution in [-0.2, 0) is 27.3 Å². The number of carbonyl (C=O) groups is 3. The zero-order chi connectivity index (χ0) is 15.1. The van der Waals surface area contributed by atoms with Crippen molar-refractivity contribution in [3.63, 3.8) is 0 Å². The fraction of sp³-hybridized carbons (Fsp3) is 0.308. The molecule has 2 amide bonds. The average Bonchev–Trinajstić information content (AvgIpc) is 2.37. The number of primary amides is 1. The summed E-state index contributed by atoms with van der Waals surface area (Å²) in [4.78, 5) is 33.5. The highest BCUT2D eigenvalue weighted by atomic mass is 16.4. The molecule has 0 aliphatic carbocycles. The monoisotopic (exact) mass is 279 g/mol. The van der Waals surface area contributed by atoms with E-state index in [0.717, 1.165) is 11.1 Å². The molecule has 0 unspecified atom stereocenters. The lowest BCUT2D eigenvalue weighted by atomic mass is 10.0. The number of hydrogen-bond donors (Lipinski definition) is 4. The average molecular weight is 279 g/mol. The minimum atomic E-state index is -1.31. The van der Waals surface area contributed by atoms with Crippen molar-refractivity contribution in [1.82, 2.24) is 5.32 Å². The second-order valence-corrected chi connectivity index (χ2v) is 4.28. The second-order valence-electron chi connectivity index (χ2n) is 4.28. The van der Waals surface area contributed by atoms with Gasteiger partial charge in [0.05, 0.1) is 12.8 Å². The lowest BCUT2D eigenvalue weighted by Crippen LogP contribution is -2.44. The van der Waals surface area contributed by atoms with E-state index in [1.807, 2.05) is 0 Å². The van der Waals surface area contributed by atoms with E-state index in [1.54, 1.807) is 24.3 Å². The van der Waals surface area contributed by atoms with Gasteiger partial charge in [-0.05, 0) is 11.1 Å². The number of hydrogen-bond acceptors (Lipinski definition) is 4. The van der Waals surface area contributed by atoms with Crippen molar-refractivity contribution in [3.8, 4) is 0 Å². The highest BCUT2D eigenvalue weighted by molar-refractivity contribution is 5.88. The van der Waals surface area contributed by atoms with E-state index < -0.39 is 30.2 Å². The Bertz CT molecular complexity index is 516. The molecule has 0 aromatic heterocycles. The predicted molar refractivity (Wildman–Crippen MR) is 71.4 cm³/mol. The Morgan fingerprint density at radius 1 is 1.20 bits per heavy atom. The summed E-state index contributed by atoms with van der Waals surface area (Å²) in [6, 6.07) is 5.79. The molecule has 0 heterocycles. The third-order valence-corrected chi connectivity index (χ3v) is 2.73. The smallest absolute Gasteiger partial charge is 0.326 e. The molecule has 0 bridgehead atoms. The number of carboxylic acid groups (broad SMARTS) is 1. The van der Waals surface area contributed by atoms with E-state index >= 15 is 0 Å². The number of rotatable bonds is 7. The summed E-state index contributed by atoms with van der Waals surface area (Å²) in [6.45, 7) is 0.285. The lowest BCUT2D eigenvalue weighted by Gasteiger charge is -2.13. The minimum absolute atomic E-state index is 0.00405. The van der Waals surface area contributed by atoms with E-state index in [1.165, 1.54) is 0 Å². The maximum atomic E-state index is 11.8. The number of nitrogens with two attached hydrogens (primary N) is 2. The van der Waals surface area contributed by atoms with E-state index in [0.29, 0.717) is 0 Å². The molecule has 1 aromatic carbocycles. The van der Waals surface area contributed by atoms with Crippen LogP contribution in [0.2, 0.25) is 0 Å². The van der Waals surface area contributed by atoms with Gasteiger partial charge >= 0.3 is 5.97 Å². The molecule has 0 aliphatic heterocycles. The van der Waals surface area contributed by atoms with Crippen molar-refractivity contribution in [2.75, 3.05) is 0 Å². The summed E-state index contributed by atoms with van der Waals surface area (Å²) in [5.74, 6) is -2.59. The fourth-order valence-corrected chi connectivity index (χ4v) is 1.75. The Morgan fingerprint density at radius 2 is 1.80 bits per heavy atom. The first kappa shape index (κ1) is 15.6. The van der Waals surface area contributed by atoms with E-state index in [9.17, 15) is 14.4 Å². The number of carboxylic acids is 1. The molecule has 7 nitrogen and oxygen atoms in total. The summed E-state index contributed by atoms with van der Waals surface area (Å²) in [5, 5.41) is 11.2. The van der Waals surface area contributed by atoms with Gasteiger partial charge in [-0.15, -0.1) is 0 Å². The van der Waals surface area contributed by atoms with E-state index in [-0.39, 0.29) is 13.0 Å². The standard InChI is InChI=1S/C13H17N3O4/c14-7-9-4-2-1-3-8(9)5-12(18)16-10(13(19)20)6-11(15)17/h1-4,10H,5-7,14H2,(H2,15,17)(H,16,18)(H,19,20)/t10-/m0/s1. The molecule has 1 rings (SSSR count). The quantitative estimate of drug-likeness (QED) is 0.514. The predicted octanol–water partition coefficient (Wildman–Crippen LogP) is -0.867. The Labute approximate surface area is 115 Å². The van der Waals surface area contributed by atoms with Crippen molar-refractivity contribution in [3.05, 3.63) is 35.4 Å². The molecule has 20 heavy (non-hydrogen) atoms. The first-order chi connectivity index (χ1) is 9.43. The molecule has 7 heteroatoms. The van der Waals surface area contributed by atoms with E-state index in [2.05, 4.69) is 5.32 Å². The van der Waals surface area contributed by atoms with Gasteiger partial charge in [0.2, 0.25) is 11.8 Å². The maximum Gasteiger partial charge on any atom is 0.326 e. The summed E-state index contributed by atoms with van der Waals surface area (Å²) in [5.41, 5.74) is 12.0. The van der Waals surface area contributed by atoms with Gasteiger partial charge in [0.1, 0.15) is 6.04 Å². The van der Waals surface area contributed by atoms with Gasteiger partial charge < -0.3 is 21.9 Å². The molecular weight excluding hydrogens is 262 g/mol. The van der Waals surface area contributed by atoms with Crippen molar-refractivity contribution in [2.24, 2.45) is 11.5 Å². The zero-order valence-electron chi connectivity index (χ0n) is 10.8. The van der Waals surface area contributed by atoms with Crippen molar-refractivity contribution in [1.29, 1.82) is 0 Å². The molecule has 0 aliphatic rings. The van der Waals surface area contributed by atoms with Crippen LogP contribution in [0.4, 0.5) is 0 Å². The maximum absolute atomic E-state index is 11.8. The van der Waals surface area contributed by atoms with Crippen molar-refractivity contribution >= 4 is 17.8 Å². The Balaban J connectivity index is 2.70. The van der Waals surface area contributed by atoms with Crippen LogP contribution < -0.4 is 16.8 Å². The van der Waals surface area contributed by atoms with Gasteiger partial charge in [-0.2, -0.15) is 0 Å². The summed E-state index contributed by atoms with van der Waals surface area (Å²) < 4.78 is 0. The first-order valence-electron chi connectivity index (χ1n) is 6.01. The number of carbonyl (C=O) groups excluding carboxylic acids is 2. The normalized spacial score (nSPS) is 11.7. The molecule has 1 atom stereocenters. The molecule has 0 fully saturated rings. The third-order valence-electron chi connectivity index (χ3n) is 2.73. The molecular formula is C13H17N3O4. The Hall–Kier alpha value is -2.41. The molecule has 6 N–H and O–H groups in total. The van der Waals surface area contributed by atoms with Crippen LogP contribution >= 0.6 is 0 Å². The van der Waals surface area contributed by atoms with Crippen LogP contribution in [0.15, 0.2) is 24.3 Å². The number of aliphatic carboxylic acids is 1. The van der Waals surface area contributed by atoms with Crippen molar-refractivity contribution in [2.45, 2.75) is 25.4 Å². The lowest BCUT2D eigenvalue weighted by molar-refractivity contribution is -0.143. The molecule has 108 valence electrons. The van der Waals surface area contributed by atoms with Gasteiger partial charge in [0, 0.05) is 6.54 Å². The SMILES string of the molecule is NCc1ccccc1CC(=O)N[C@@H](CC(N)=O)C(=O)O. The molecule has 0 saturated carbocycles. The Kier molecular flexibility index (Phi) is 5.67. The summed E-state index contributed by atoms with van der Waals surface area (Å²) in [7, 11) is 0. The fourth-order valence-electron chi connectivity index (χ4n) is 1.75. The molecule has 0 radical (unpaired) electrons. The van der Waals surface area contributed by atoms with Gasteiger partial charge in [-0.3, -0.25) is 9.59 Å². The van der Waals surface area contributed by atoms with Crippen LogP contribution in [0.25, 0.3) is 0 Å². The van der Waals surface area contributed by atoms with E-state index in [4.69, 9.17) is 16.6 Å². The minimum Gasteiger partial charge on any atom is -0.480 e. The number of nitrogens with one attached hydrogen (secondary N) is 1. The van der Waals surface area contributed by atoms with Gasteiger partial charge in [0.25, 0.3) is 0 Å². The summed E-state index contributed by atoms with van der Waals surface area (Å²) >= 11 is 0. The van der Waals surface area contributed by atoms with Crippen molar-refractivity contribution < 1.29 is 19.5 Å². The zero-order valence-corrected chi connectivity index (χ0v) is 10.8. The van der Waals surface area contributed by atoms with Gasteiger partial charge in [0.15, 0.2) is 0 Å². The third kappa shape index (κ3) is 4.69. The molecule has 0 spiro atoms. The highest BCUT2D eigenvalue weighted by Gasteiger charge is 2.22. The van der Waals surface area contributed by atoms with Crippen LogP contribution in [-0.4, -0.2) is 28.9 Å². The van der Waals surface area contributed by atoms with Crippen LogP contribution in [0.1, 0.15) is 17.5 Å². The van der Waals surface area contributed by atoms with Gasteiger partial charge in [-0.25, -0.2) is 4.79 Å². The first-order valence-corrected chi connectivity index (χ1v) is 6.01. The number of benzene rings is 1. The van der Waals surface area contributed by atoms with Gasteiger partial charge in [-0.1, -0.05) is 24.3 Å². The van der Waals surface area contributed by atoms with Crippen LogP contribution in [0.5, 0.6) is 0 Å². The largest absolute Gasteiger partial charge is 0.480 e. The topological polar surface area (TPSA) is 136 Å². The second kappa shape index (κ2) is 7.25. The number of amides is 2.